The van der Waals surface area contributed by atoms with Crippen LogP contribution in [0.15, 0.2) is 0 Å². The van der Waals surface area contributed by atoms with Crippen molar-refractivity contribution in [2.24, 2.45) is 7.05 Å². The molecule has 1 heterocycles. The van der Waals surface area contributed by atoms with Gasteiger partial charge in [0.1, 0.15) is 5.82 Å². The van der Waals surface area contributed by atoms with Crippen LogP contribution in [0.5, 0.6) is 0 Å². The average Bonchev–Trinajstić information content (AvgIpc) is 2.65. The first-order chi connectivity index (χ1) is 5.25. The molecule has 1 fully saturated rings. The van der Waals surface area contributed by atoms with Crippen LogP contribution in [0.2, 0.25) is 0 Å². The molecule has 11 heavy (non-hydrogen) atoms. The number of aryl methyl sites for hydroxylation is 2. The molecule has 1 aliphatic carbocycles. The van der Waals surface area contributed by atoms with E-state index in [1.54, 1.807) is 4.68 Å². The Kier molecular flexibility index (Phi) is 1.34. The summed E-state index contributed by atoms with van der Waals surface area (Å²) in [5, 5.41) is 7.42. The summed E-state index contributed by atoms with van der Waals surface area (Å²) < 4.78 is 1.78. The Morgan fingerprint density at radius 3 is 2.73 bits per heavy atom. The highest BCUT2D eigenvalue weighted by Gasteiger charge is 2.22. The van der Waals surface area contributed by atoms with E-state index in [9.17, 15) is 0 Å². The molecular formula is C7H12N4. The first-order valence-corrected chi connectivity index (χ1v) is 3.90. The minimum absolute atomic E-state index is 0.636. The molecule has 0 amide bonds. The van der Waals surface area contributed by atoms with Crippen LogP contribution >= 0.6 is 0 Å². The molecule has 0 saturated heterocycles. The number of hydrogen-bond donors (Lipinski definition) is 1. The van der Waals surface area contributed by atoms with Crippen LogP contribution in [0.1, 0.15) is 18.7 Å². The van der Waals surface area contributed by atoms with Crippen molar-refractivity contribution in [2.75, 3.05) is 5.32 Å². The quantitative estimate of drug-likeness (QED) is 0.678. The highest BCUT2D eigenvalue weighted by atomic mass is 15.4. The third-order valence-electron chi connectivity index (χ3n) is 1.89. The molecule has 0 radical (unpaired) electrons. The van der Waals surface area contributed by atoms with E-state index in [1.165, 1.54) is 12.8 Å². The number of anilines is 1. The van der Waals surface area contributed by atoms with Crippen molar-refractivity contribution >= 4 is 5.95 Å². The molecule has 1 aromatic rings. The van der Waals surface area contributed by atoms with Gasteiger partial charge in [-0.25, -0.2) is 0 Å². The monoisotopic (exact) mass is 152 g/mol. The van der Waals surface area contributed by atoms with E-state index in [4.69, 9.17) is 0 Å². The minimum atomic E-state index is 0.636. The van der Waals surface area contributed by atoms with E-state index in [0.29, 0.717) is 6.04 Å². The van der Waals surface area contributed by atoms with Gasteiger partial charge in [-0.3, -0.25) is 4.68 Å². The van der Waals surface area contributed by atoms with Gasteiger partial charge in [0.15, 0.2) is 0 Å². The second kappa shape index (κ2) is 2.22. The molecule has 60 valence electrons. The smallest absolute Gasteiger partial charge is 0.242 e. The van der Waals surface area contributed by atoms with Crippen LogP contribution < -0.4 is 5.32 Å². The van der Waals surface area contributed by atoms with Crippen molar-refractivity contribution in [1.29, 1.82) is 0 Å². The predicted molar refractivity (Wildman–Crippen MR) is 42.4 cm³/mol. The Morgan fingerprint density at radius 2 is 2.27 bits per heavy atom. The summed E-state index contributed by atoms with van der Waals surface area (Å²) in [6, 6.07) is 0.636. The van der Waals surface area contributed by atoms with Crippen LogP contribution in [0.25, 0.3) is 0 Å². The summed E-state index contributed by atoms with van der Waals surface area (Å²) in [6.45, 7) is 1.95. The zero-order chi connectivity index (χ0) is 7.84. The molecule has 0 atom stereocenters. The lowest BCUT2D eigenvalue weighted by molar-refractivity contribution is 0.735. The first kappa shape index (κ1) is 6.64. The molecule has 4 nitrogen and oxygen atoms in total. The van der Waals surface area contributed by atoms with Gasteiger partial charge in [-0.2, -0.15) is 4.98 Å². The Morgan fingerprint density at radius 1 is 1.55 bits per heavy atom. The standard InChI is InChI=1S/C7H12N4/c1-5-8-7(10-11(5)2)9-6-3-4-6/h6H,3-4H2,1-2H3,(H,9,10). The fourth-order valence-corrected chi connectivity index (χ4v) is 0.934. The average molecular weight is 152 g/mol. The summed E-state index contributed by atoms with van der Waals surface area (Å²) in [4.78, 5) is 4.23. The van der Waals surface area contributed by atoms with Gasteiger partial charge in [0.25, 0.3) is 0 Å². The second-order valence-electron chi connectivity index (χ2n) is 3.02. The molecule has 1 N–H and O–H groups in total. The Labute approximate surface area is 65.6 Å². The third kappa shape index (κ3) is 1.34. The van der Waals surface area contributed by atoms with Crippen molar-refractivity contribution in [1.82, 2.24) is 14.8 Å². The van der Waals surface area contributed by atoms with Crippen LogP contribution in [-0.2, 0) is 7.05 Å². The van der Waals surface area contributed by atoms with Crippen molar-refractivity contribution < 1.29 is 0 Å². The van der Waals surface area contributed by atoms with E-state index in [-0.39, 0.29) is 0 Å². The molecule has 0 bridgehead atoms. The normalized spacial score (nSPS) is 16.9. The zero-order valence-corrected chi connectivity index (χ0v) is 6.83. The largest absolute Gasteiger partial charge is 0.350 e. The fraction of sp³-hybridized carbons (Fsp3) is 0.714. The predicted octanol–water partition coefficient (Wildman–Crippen LogP) is 0.698. The molecule has 1 aliphatic rings. The maximum atomic E-state index is 4.23. The lowest BCUT2D eigenvalue weighted by atomic mass is 10.7. The van der Waals surface area contributed by atoms with Gasteiger partial charge in [0, 0.05) is 13.1 Å². The van der Waals surface area contributed by atoms with Gasteiger partial charge < -0.3 is 5.32 Å². The molecule has 0 aromatic carbocycles. The van der Waals surface area contributed by atoms with E-state index in [1.807, 2.05) is 14.0 Å². The van der Waals surface area contributed by atoms with Crippen LogP contribution in [-0.4, -0.2) is 20.8 Å². The molecule has 1 aromatic heterocycles. The van der Waals surface area contributed by atoms with E-state index in [2.05, 4.69) is 15.4 Å². The van der Waals surface area contributed by atoms with Gasteiger partial charge in [-0.15, -0.1) is 5.10 Å². The Hall–Kier alpha value is -1.06. The topological polar surface area (TPSA) is 42.7 Å². The number of aromatic nitrogens is 3. The van der Waals surface area contributed by atoms with Gasteiger partial charge in [-0.1, -0.05) is 0 Å². The number of nitrogens with zero attached hydrogens (tertiary/aromatic N) is 3. The first-order valence-electron chi connectivity index (χ1n) is 3.90. The Balaban J connectivity index is 2.11. The van der Waals surface area contributed by atoms with Crippen LogP contribution in [0, 0.1) is 6.92 Å². The molecular weight excluding hydrogens is 140 g/mol. The number of hydrogen-bond acceptors (Lipinski definition) is 3. The SMILES string of the molecule is Cc1nc(NC2CC2)nn1C. The summed E-state index contributed by atoms with van der Waals surface area (Å²) in [6.07, 6.45) is 2.52. The number of nitrogens with one attached hydrogen (secondary N) is 1. The summed E-state index contributed by atoms with van der Waals surface area (Å²) in [5.41, 5.74) is 0. The lowest BCUT2D eigenvalue weighted by Crippen LogP contribution is -2.02. The second-order valence-corrected chi connectivity index (χ2v) is 3.02. The molecule has 0 spiro atoms. The van der Waals surface area contributed by atoms with Crippen LogP contribution in [0.4, 0.5) is 5.95 Å². The van der Waals surface area contributed by atoms with Crippen molar-refractivity contribution in [2.45, 2.75) is 25.8 Å². The third-order valence-corrected chi connectivity index (χ3v) is 1.89. The van der Waals surface area contributed by atoms with Crippen molar-refractivity contribution in [3.63, 3.8) is 0 Å². The number of rotatable bonds is 2. The summed E-state index contributed by atoms with van der Waals surface area (Å²) in [5.74, 6) is 1.72. The molecule has 0 unspecified atom stereocenters. The summed E-state index contributed by atoms with van der Waals surface area (Å²) in [7, 11) is 1.90. The van der Waals surface area contributed by atoms with Gasteiger partial charge >= 0.3 is 0 Å². The van der Waals surface area contributed by atoms with E-state index >= 15 is 0 Å². The Bertz CT molecular complexity index is 242. The van der Waals surface area contributed by atoms with Gasteiger partial charge in [0.05, 0.1) is 0 Å². The van der Waals surface area contributed by atoms with E-state index < -0.39 is 0 Å². The zero-order valence-electron chi connectivity index (χ0n) is 6.83. The van der Waals surface area contributed by atoms with Crippen molar-refractivity contribution in [3.8, 4) is 0 Å². The summed E-state index contributed by atoms with van der Waals surface area (Å²) >= 11 is 0. The van der Waals surface area contributed by atoms with Gasteiger partial charge in [-0.05, 0) is 19.8 Å². The fourth-order valence-electron chi connectivity index (χ4n) is 0.934. The van der Waals surface area contributed by atoms with E-state index in [0.717, 1.165) is 11.8 Å². The lowest BCUT2D eigenvalue weighted by Gasteiger charge is -1.93. The van der Waals surface area contributed by atoms with Crippen LogP contribution in [0.3, 0.4) is 0 Å². The highest BCUT2D eigenvalue weighted by Crippen LogP contribution is 2.22. The maximum Gasteiger partial charge on any atom is 0.242 e. The molecule has 1 saturated carbocycles. The molecule has 4 heteroatoms. The highest BCUT2D eigenvalue weighted by molar-refractivity contribution is 5.27. The molecule has 0 aliphatic heterocycles. The van der Waals surface area contributed by atoms with Gasteiger partial charge in [0.2, 0.25) is 5.95 Å². The van der Waals surface area contributed by atoms with Crippen molar-refractivity contribution in [3.05, 3.63) is 5.82 Å². The minimum Gasteiger partial charge on any atom is -0.350 e. The molecule has 2 rings (SSSR count). The maximum absolute atomic E-state index is 4.23.